The first-order valence-electron chi connectivity index (χ1n) is 45.6. The SMILES string of the molecule is CCCCCCCCCCCCCCCCCCCCCCCC(=O)O[C@H](COC(=O)CCCCCCCCCCCCCCCCCCCCC)COP(=O)(O)OC[C@@H](O)COP(=O)(O)OC[C@@H](COC(=O)CCCCCCCCCCC)OC(=O)CCCCCCCCCCCCCCCCCC(C)C. The van der Waals surface area contributed by atoms with Crippen LogP contribution in [0.25, 0.3) is 0 Å². The van der Waals surface area contributed by atoms with Crippen LogP contribution in [0.5, 0.6) is 0 Å². The molecule has 0 bridgehead atoms. The third-order valence-electron chi connectivity index (χ3n) is 20.8. The maximum Gasteiger partial charge on any atom is 0.472 e. The van der Waals surface area contributed by atoms with Gasteiger partial charge in [0.1, 0.15) is 19.3 Å². The summed E-state index contributed by atoms with van der Waals surface area (Å²) in [5, 5.41) is 10.7. The molecule has 0 heterocycles. The Kier molecular flexibility index (Phi) is 79.2. The van der Waals surface area contributed by atoms with Gasteiger partial charge >= 0.3 is 39.5 Å². The van der Waals surface area contributed by atoms with Crippen LogP contribution < -0.4 is 0 Å². The van der Waals surface area contributed by atoms with Crippen LogP contribution in [0.15, 0.2) is 0 Å². The second-order valence-electron chi connectivity index (χ2n) is 32.1. The number of carbonyl (C=O) groups is 4. The van der Waals surface area contributed by atoms with Gasteiger partial charge in [-0.2, -0.15) is 0 Å². The molecule has 0 fully saturated rings. The van der Waals surface area contributed by atoms with E-state index < -0.39 is 97.5 Å². The number of unbranched alkanes of at least 4 members (excludes halogenated alkanes) is 60. The number of rotatable bonds is 88. The van der Waals surface area contributed by atoms with Crippen molar-refractivity contribution in [3.63, 3.8) is 0 Å². The van der Waals surface area contributed by atoms with Crippen LogP contribution in [0.1, 0.15) is 478 Å². The smallest absolute Gasteiger partial charge is 0.462 e. The zero-order valence-corrected chi connectivity index (χ0v) is 72.1. The summed E-state index contributed by atoms with van der Waals surface area (Å²) in [5.41, 5.74) is 0. The lowest BCUT2D eigenvalue weighted by atomic mass is 10.0. The second kappa shape index (κ2) is 80.7. The molecule has 5 atom stereocenters. The van der Waals surface area contributed by atoms with Gasteiger partial charge in [0, 0.05) is 25.7 Å². The number of esters is 4. The number of carbonyl (C=O) groups excluding carboxylic acids is 4. The van der Waals surface area contributed by atoms with Gasteiger partial charge in [-0.3, -0.25) is 37.3 Å². The van der Waals surface area contributed by atoms with Crippen molar-refractivity contribution in [1.29, 1.82) is 0 Å². The van der Waals surface area contributed by atoms with E-state index in [1.165, 1.54) is 302 Å². The van der Waals surface area contributed by atoms with Gasteiger partial charge in [0.05, 0.1) is 26.4 Å². The van der Waals surface area contributed by atoms with Crippen LogP contribution in [-0.4, -0.2) is 96.7 Å². The Hall–Kier alpha value is -1.94. The maximum absolute atomic E-state index is 13.2. The van der Waals surface area contributed by atoms with Gasteiger partial charge in [-0.25, -0.2) is 9.13 Å². The minimum atomic E-state index is -4.97. The predicted octanol–water partition coefficient (Wildman–Crippen LogP) is 27.2. The zero-order valence-electron chi connectivity index (χ0n) is 70.3. The number of aliphatic hydroxyl groups is 1. The molecule has 0 aliphatic carbocycles. The monoisotopic (exact) mass is 1560 g/mol. The van der Waals surface area contributed by atoms with Crippen LogP contribution >= 0.6 is 15.6 Å². The summed E-state index contributed by atoms with van der Waals surface area (Å²) in [6, 6.07) is 0. The molecule has 0 spiro atoms. The van der Waals surface area contributed by atoms with E-state index in [0.29, 0.717) is 25.7 Å². The third-order valence-corrected chi connectivity index (χ3v) is 22.7. The topological polar surface area (TPSA) is 237 Å². The Balaban J connectivity index is 5.20. The largest absolute Gasteiger partial charge is 0.472 e. The third kappa shape index (κ3) is 81.9. The summed E-state index contributed by atoms with van der Waals surface area (Å²) in [6.45, 7) is 7.38. The van der Waals surface area contributed by atoms with Crippen LogP contribution in [0, 0.1) is 5.92 Å². The van der Waals surface area contributed by atoms with Gasteiger partial charge in [0.25, 0.3) is 0 Å². The van der Waals surface area contributed by atoms with E-state index in [2.05, 4.69) is 34.6 Å². The van der Waals surface area contributed by atoms with Gasteiger partial charge < -0.3 is 33.8 Å². The first-order chi connectivity index (χ1) is 52.0. The molecule has 0 saturated carbocycles. The first kappa shape index (κ1) is 105. The van der Waals surface area contributed by atoms with E-state index in [-0.39, 0.29) is 25.7 Å². The van der Waals surface area contributed by atoms with Gasteiger partial charge in [-0.1, -0.05) is 426 Å². The van der Waals surface area contributed by atoms with Crippen LogP contribution in [0.4, 0.5) is 0 Å². The Morgan fingerprint density at radius 2 is 0.430 bits per heavy atom. The van der Waals surface area contributed by atoms with Gasteiger partial charge in [0.2, 0.25) is 0 Å². The summed E-state index contributed by atoms with van der Waals surface area (Å²) in [4.78, 5) is 73.2. The zero-order chi connectivity index (χ0) is 78.3. The van der Waals surface area contributed by atoms with Crippen molar-refractivity contribution in [2.24, 2.45) is 5.92 Å². The molecule has 0 aromatic rings. The molecule has 0 amide bonds. The van der Waals surface area contributed by atoms with E-state index in [0.717, 1.165) is 95.8 Å². The summed E-state index contributed by atoms with van der Waals surface area (Å²) in [7, 11) is -9.93. The van der Waals surface area contributed by atoms with E-state index in [1.54, 1.807) is 0 Å². The molecule has 0 aromatic carbocycles. The lowest BCUT2D eigenvalue weighted by molar-refractivity contribution is -0.161. The highest BCUT2D eigenvalue weighted by atomic mass is 31.2. The Morgan fingerprint density at radius 3 is 0.636 bits per heavy atom. The van der Waals surface area contributed by atoms with Crippen molar-refractivity contribution in [2.45, 2.75) is 496 Å². The molecule has 0 aromatic heterocycles. The minimum absolute atomic E-state index is 0.108. The molecule has 636 valence electrons. The Morgan fingerprint density at radius 1 is 0.252 bits per heavy atom. The molecule has 0 rings (SSSR count). The number of aliphatic hydroxyl groups excluding tert-OH is 1. The molecule has 17 nitrogen and oxygen atoms in total. The van der Waals surface area contributed by atoms with Gasteiger partial charge in [-0.15, -0.1) is 0 Å². The predicted molar refractivity (Wildman–Crippen MR) is 442 cm³/mol. The van der Waals surface area contributed by atoms with E-state index in [9.17, 15) is 43.2 Å². The normalized spacial score (nSPS) is 13.7. The summed E-state index contributed by atoms with van der Waals surface area (Å²) in [5.74, 6) is -1.30. The quantitative estimate of drug-likeness (QED) is 0.0222. The Bertz CT molecular complexity index is 2030. The van der Waals surface area contributed by atoms with Crippen molar-refractivity contribution in [3.05, 3.63) is 0 Å². The molecular weight excluding hydrogens is 1390 g/mol. The highest BCUT2D eigenvalue weighted by molar-refractivity contribution is 7.47. The Labute approximate surface area is 658 Å². The summed E-state index contributed by atoms with van der Waals surface area (Å²) in [6.07, 6.45) is 75.1. The van der Waals surface area contributed by atoms with Crippen LogP contribution in [0.2, 0.25) is 0 Å². The van der Waals surface area contributed by atoms with Crippen LogP contribution in [0.3, 0.4) is 0 Å². The molecule has 107 heavy (non-hydrogen) atoms. The highest BCUT2D eigenvalue weighted by Gasteiger charge is 2.30. The maximum atomic E-state index is 13.2. The van der Waals surface area contributed by atoms with Crippen molar-refractivity contribution in [1.82, 2.24) is 0 Å². The molecular formula is C88H172O17P2. The molecule has 0 saturated heterocycles. The number of ether oxygens (including phenoxy) is 4. The average Bonchev–Trinajstić information content (AvgIpc) is 0.903. The average molecular weight is 1560 g/mol. The lowest BCUT2D eigenvalue weighted by Gasteiger charge is -2.21. The van der Waals surface area contributed by atoms with Crippen molar-refractivity contribution < 1.29 is 80.2 Å². The number of phosphoric acid groups is 2. The molecule has 0 aliphatic rings. The van der Waals surface area contributed by atoms with Crippen molar-refractivity contribution in [3.8, 4) is 0 Å². The van der Waals surface area contributed by atoms with E-state index >= 15 is 0 Å². The number of hydrogen-bond donors (Lipinski definition) is 3. The standard InChI is InChI=1S/C88H172O17P2/c1-6-9-12-15-18-21-23-25-27-29-31-32-34-36-40-44-48-53-58-63-68-73-88(93)105-84(78-99-86(91)72-67-62-57-52-47-43-39-35-33-30-28-26-24-22-19-16-13-10-7-2)80-103-107(96,97)101-76-82(89)75-100-106(94,95)102-79-83(77-98-85(90)71-66-61-56-50-20-17-14-11-8-3)104-87(92)74-69-64-59-54-49-45-41-37-38-42-46-51-55-60-65-70-81(4)5/h81-84,89H,6-80H2,1-5H3,(H,94,95)(H,96,97)/t82-,83+,84+/m0/s1. The fourth-order valence-corrected chi connectivity index (χ4v) is 15.4. The molecule has 0 aliphatic heterocycles. The van der Waals surface area contributed by atoms with Crippen LogP contribution in [-0.2, 0) is 65.4 Å². The molecule has 19 heteroatoms. The fraction of sp³-hybridized carbons (Fsp3) is 0.955. The van der Waals surface area contributed by atoms with E-state index in [4.69, 9.17) is 37.0 Å². The lowest BCUT2D eigenvalue weighted by Crippen LogP contribution is -2.30. The fourth-order valence-electron chi connectivity index (χ4n) is 13.8. The van der Waals surface area contributed by atoms with Crippen molar-refractivity contribution in [2.75, 3.05) is 39.6 Å². The van der Waals surface area contributed by atoms with Gasteiger partial charge in [0.15, 0.2) is 12.2 Å². The van der Waals surface area contributed by atoms with Gasteiger partial charge in [-0.05, 0) is 31.6 Å². The molecule has 0 radical (unpaired) electrons. The van der Waals surface area contributed by atoms with Crippen molar-refractivity contribution >= 4 is 39.5 Å². The number of hydrogen-bond acceptors (Lipinski definition) is 15. The minimum Gasteiger partial charge on any atom is -0.462 e. The number of phosphoric ester groups is 2. The molecule has 2 unspecified atom stereocenters. The van der Waals surface area contributed by atoms with E-state index in [1.807, 2.05) is 0 Å². The molecule has 3 N–H and O–H groups in total. The highest BCUT2D eigenvalue weighted by Crippen LogP contribution is 2.45. The summed E-state index contributed by atoms with van der Waals surface area (Å²) >= 11 is 0. The second-order valence-corrected chi connectivity index (χ2v) is 35.0. The summed E-state index contributed by atoms with van der Waals surface area (Å²) < 4.78 is 68.9. The first-order valence-corrected chi connectivity index (χ1v) is 48.6.